The number of nitrogens with zero attached hydrogens (tertiary/aromatic N) is 1. The van der Waals surface area contributed by atoms with E-state index in [1.165, 1.54) is 25.0 Å². The molecule has 0 amide bonds. The van der Waals surface area contributed by atoms with Gasteiger partial charge in [-0.3, -0.25) is 0 Å². The summed E-state index contributed by atoms with van der Waals surface area (Å²) < 4.78 is 13.4. The maximum Gasteiger partial charge on any atom is 0.125 e. The number of hydrogen-bond donors (Lipinski definition) is 2. The summed E-state index contributed by atoms with van der Waals surface area (Å²) >= 11 is 6.17. The summed E-state index contributed by atoms with van der Waals surface area (Å²) in [5, 5.41) is 4.00. The van der Waals surface area contributed by atoms with Crippen molar-refractivity contribution < 1.29 is 4.39 Å². The second-order valence-electron chi connectivity index (χ2n) is 6.19. The van der Waals surface area contributed by atoms with Crippen LogP contribution in [0.5, 0.6) is 0 Å². The van der Waals surface area contributed by atoms with Crippen molar-refractivity contribution in [2.24, 2.45) is 5.73 Å². The molecule has 0 saturated carbocycles. The van der Waals surface area contributed by atoms with Crippen molar-refractivity contribution >= 4 is 17.3 Å². The predicted molar refractivity (Wildman–Crippen MR) is 80.6 cm³/mol. The van der Waals surface area contributed by atoms with Crippen LogP contribution in [-0.4, -0.2) is 36.1 Å². The molecule has 0 aromatic heterocycles. The minimum Gasteiger partial charge on any atom is -0.377 e. The molecule has 0 spiro atoms. The van der Waals surface area contributed by atoms with Gasteiger partial charge in [0.2, 0.25) is 0 Å². The molecule has 3 nitrogen and oxygen atoms in total. The molecular formula is C15H21ClFN3. The summed E-state index contributed by atoms with van der Waals surface area (Å²) in [6.45, 7) is 0.542. The molecule has 2 unspecified atom stereocenters. The lowest BCUT2D eigenvalue weighted by molar-refractivity contribution is 0.127. The van der Waals surface area contributed by atoms with Crippen molar-refractivity contribution in [3.8, 4) is 0 Å². The highest BCUT2D eigenvalue weighted by atomic mass is 35.5. The topological polar surface area (TPSA) is 41.3 Å². The number of piperidine rings is 1. The minimum atomic E-state index is -0.278. The highest BCUT2D eigenvalue weighted by Crippen LogP contribution is 2.41. The first-order valence-corrected chi connectivity index (χ1v) is 7.56. The standard InChI is InChI=1S/C15H21ClFN3/c1-20-11-3-4-12(20)8-15(7-11,9-18)19-14-6-10(17)2-5-13(14)16/h2,5-6,11-12,19H,3-4,7-9,18H2,1H3. The van der Waals surface area contributed by atoms with Gasteiger partial charge in [-0.15, -0.1) is 0 Å². The second-order valence-corrected chi connectivity index (χ2v) is 6.60. The van der Waals surface area contributed by atoms with Crippen molar-refractivity contribution in [1.29, 1.82) is 0 Å². The highest BCUT2D eigenvalue weighted by molar-refractivity contribution is 6.33. The van der Waals surface area contributed by atoms with Crippen LogP contribution in [-0.2, 0) is 0 Å². The number of anilines is 1. The molecule has 2 saturated heterocycles. The Labute approximate surface area is 124 Å². The van der Waals surface area contributed by atoms with E-state index in [2.05, 4.69) is 17.3 Å². The fourth-order valence-corrected chi connectivity index (χ4v) is 3.93. The van der Waals surface area contributed by atoms with Gasteiger partial charge in [0.1, 0.15) is 5.82 Å². The fraction of sp³-hybridized carbons (Fsp3) is 0.600. The van der Waals surface area contributed by atoms with E-state index in [4.69, 9.17) is 17.3 Å². The molecule has 5 heteroatoms. The van der Waals surface area contributed by atoms with Crippen LogP contribution in [0.15, 0.2) is 18.2 Å². The Bertz CT molecular complexity index is 494. The summed E-state index contributed by atoms with van der Waals surface area (Å²) in [5.41, 5.74) is 6.54. The molecule has 2 atom stereocenters. The zero-order valence-electron chi connectivity index (χ0n) is 11.7. The Morgan fingerprint density at radius 3 is 2.65 bits per heavy atom. The number of benzene rings is 1. The van der Waals surface area contributed by atoms with Gasteiger partial charge in [-0.2, -0.15) is 0 Å². The Balaban J connectivity index is 1.85. The highest BCUT2D eigenvalue weighted by Gasteiger charge is 2.46. The predicted octanol–water partition coefficient (Wildman–Crippen LogP) is 2.85. The molecule has 2 aliphatic rings. The smallest absolute Gasteiger partial charge is 0.125 e. The van der Waals surface area contributed by atoms with E-state index >= 15 is 0 Å². The van der Waals surface area contributed by atoms with Crippen molar-refractivity contribution in [1.82, 2.24) is 4.90 Å². The third-order valence-electron chi connectivity index (χ3n) is 4.96. The lowest BCUT2D eigenvalue weighted by Crippen LogP contribution is -2.57. The largest absolute Gasteiger partial charge is 0.377 e. The summed E-state index contributed by atoms with van der Waals surface area (Å²) in [5.74, 6) is -0.278. The van der Waals surface area contributed by atoms with Crippen LogP contribution in [0, 0.1) is 5.82 Å². The molecule has 110 valence electrons. The molecule has 0 aliphatic carbocycles. The summed E-state index contributed by atoms with van der Waals surface area (Å²) in [7, 11) is 2.19. The first-order chi connectivity index (χ1) is 9.53. The third kappa shape index (κ3) is 2.41. The molecule has 1 aromatic rings. The average molecular weight is 298 g/mol. The van der Waals surface area contributed by atoms with Gasteiger partial charge < -0.3 is 16.0 Å². The van der Waals surface area contributed by atoms with E-state index in [1.54, 1.807) is 6.07 Å². The molecule has 20 heavy (non-hydrogen) atoms. The van der Waals surface area contributed by atoms with Gasteiger partial charge in [-0.05, 0) is 50.9 Å². The molecule has 0 radical (unpaired) electrons. The van der Waals surface area contributed by atoms with Crippen LogP contribution < -0.4 is 11.1 Å². The van der Waals surface area contributed by atoms with Crippen LogP contribution in [0.2, 0.25) is 5.02 Å². The number of nitrogens with two attached hydrogens (primary N) is 1. The molecule has 2 aliphatic heterocycles. The van der Waals surface area contributed by atoms with Crippen molar-refractivity contribution in [2.45, 2.75) is 43.3 Å². The maximum atomic E-state index is 13.4. The Morgan fingerprint density at radius 2 is 2.05 bits per heavy atom. The van der Waals surface area contributed by atoms with Gasteiger partial charge in [0, 0.05) is 18.6 Å². The van der Waals surface area contributed by atoms with Crippen LogP contribution in [0.25, 0.3) is 0 Å². The summed E-state index contributed by atoms with van der Waals surface area (Å²) in [6.07, 6.45) is 4.43. The van der Waals surface area contributed by atoms with Crippen LogP contribution in [0.1, 0.15) is 25.7 Å². The van der Waals surface area contributed by atoms with Gasteiger partial charge in [-0.25, -0.2) is 4.39 Å². The number of nitrogens with one attached hydrogen (secondary N) is 1. The first kappa shape index (κ1) is 14.1. The lowest BCUT2D eigenvalue weighted by Gasteiger charge is -2.46. The quantitative estimate of drug-likeness (QED) is 0.901. The van der Waals surface area contributed by atoms with Gasteiger partial charge in [0.25, 0.3) is 0 Å². The van der Waals surface area contributed by atoms with Gasteiger partial charge in [0.05, 0.1) is 16.2 Å². The normalized spacial score (nSPS) is 33.4. The van der Waals surface area contributed by atoms with Crippen molar-refractivity contribution in [3.63, 3.8) is 0 Å². The zero-order chi connectivity index (χ0) is 14.3. The van der Waals surface area contributed by atoms with E-state index in [1.807, 2.05) is 0 Å². The molecule has 3 N–H and O–H groups in total. The lowest BCUT2D eigenvalue weighted by atomic mass is 9.82. The van der Waals surface area contributed by atoms with Gasteiger partial charge >= 0.3 is 0 Å². The minimum absolute atomic E-state index is 0.171. The van der Waals surface area contributed by atoms with Crippen LogP contribution in [0.4, 0.5) is 10.1 Å². The van der Waals surface area contributed by atoms with Crippen LogP contribution in [0.3, 0.4) is 0 Å². The van der Waals surface area contributed by atoms with Crippen LogP contribution >= 0.6 is 11.6 Å². The van der Waals surface area contributed by atoms with Crippen molar-refractivity contribution in [2.75, 3.05) is 18.9 Å². The van der Waals surface area contributed by atoms with E-state index in [0.717, 1.165) is 12.8 Å². The van der Waals surface area contributed by atoms with Crippen molar-refractivity contribution in [3.05, 3.63) is 29.0 Å². The number of halogens is 2. The number of hydrogen-bond acceptors (Lipinski definition) is 3. The monoisotopic (exact) mass is 297 g/mol. The SMILES string of the molecule is CN1C2CCC1CC(CN)(Nc1cc(F)ccc1Cl)C2. The molecule has 2 fully saturated rings. The first-order valence-electron chi connectivity index (χ1n) is 7.18. The number of rotatable bonds is 3. The molecule has 2 bridgehead atoms. The fourth-order valence-electron chi connectivity index (χ4n) is 3.77. The Hall–Kier alpha value is -0.840. The maximum absolute atomic E-state index is 13.4. The molecule has 1 aromatic carbocycles. The van der Waals surface area contributed by atoms with Gasteiger partial charge in [0.15, 0.2) is 0 Å². The molecule has 2 heterocycles. The van der Waals surface area contributed by atoms with Gasteiger partial charge in [-0.1, -0.05) is 11.6 Å². The van der Waals surface area contributed by atoms with E-state index in [-0.39, 0.29) is 11.4 Å². The van der Waals surface area contributed by atoms with E-state index < -0.39 is 0 Å². The summed E-state index contributed by atoms with van der Waals surface area (Å²) in [6, 6.07) is 5.56. The Kier molecular flexibility index (Phi) is 3.65. The second kappa shape index (κ2) is 5.17. The molecular weight excluding hydrogens is 277 g/mol. The zero-order valence-corrected chi connectivity index (χ0v) is 12.5. The van der Waals surface area contributed by atoms with E-state index in [9.17, 15) is 4.39 Å². The number of fused-ring (bicyclic) bond motifs is 2. The Morgan fingerprint density at radius 1 is 1.40 bits per heavy atom. The third-order valence-corrected chi connectivity index (χ3v) is 5.29. The van der Waals surface area contributed by atoms with E-state index in [0.29, 0.717) is 29.3 Å². The molecule has 3 rings (SSSR count). The summed E-state index contributed by atoms with van der Waals surface area (Å²) in [4.78, 5) is 2.46. The average Bonchev–Trinajstić information content (AvgIpc) is 2.65.